The average molecular weight is 314 g/mol. The van der Waals surface area contributed by atoms with Gasteiger partial charge >= 0.3 is 0 Å². The molecule has 106 valence electrons. The number of ether oxygens (including phenoxy) is 1. The fourth-order valence-corrected chi connectivity index (χ4v) is 3.05. The zero-order valence-corrected chi connectivity index (χ0v) is 12.4. The van der Waals surface area contributed by atoms with E-state index in [0.717, 1.165) is 0 Å². The van der Waals surface area contributed by atoms with E-state index in [0.29, 0.717) is 11.4 Å². The molecule has 0 aliphatic carbocycles. The van der Waals surface area contributed by atoms with Gasteiger partial charge in [0, 0.05) is 12.3 Å². The van der Waals surface area contributed by atoms with Crippen LogP contribution in [0.4, 0.5) is 5.69 Å². The van der Waals surface area contributed by atoms with E-state index in [2.05, 4.69) is 14.7 Å². The van der Waals surface area contributed by atoms with Gasteiger partial charge in [-0.25, -0.2) is 13.4 Å². The quantitative estimate of drug-likeness (QED) is 0.876. The number of nitrogens with zero attached hydrogens (tertiary/aromatic N) is 2. The van der Waals surface area contributed by atoms with Crippen molar-refractivity contribution in [2.45, 2.75) is 11.8 Å². The second kappa shape index (κ2) is 5.64. The molecule has 8 heteroatoms. The molecule has 0 aliphatic heterocycles. The first kappa shape index (κ1) is 14.5. The van der Waals surface area contributed by atoms with Gasteiger partial charge in [0.15, 0.2) is 0 Å². The molecule has 1 N–H and O–H groups in total. The molecule has 2 rings (SSSR count). The van der Waals surface area contributed by atoms with Gasteiger partial charge in [-0.3, -0.25) is 9.71 Å². The number of pyridine rings is 2. The van der Waals surface area contributed by atoms with Gasteiger partial charge in [-0.15, -0.1) is 0 Å². The molecule has 0 fully saturated rings. The summed E-state index contributed by atoms with van der Waals surface area (Å²) in [4.78, 5) is 7.69. The Morgan fingerprint density at radius 2 is 2.10 bits per heavy atom. The minimum absolute atomic E-state index is 0.0907. The van der Waals surface area contributed by atoms with Crippen molar-refractivity contribution in [1.82, 2.24) is 9.97 Å². The van der Waals surface area contributed by atoms with Crippen LogP contribution in [0.25, 0.3) is 0 Å². The molecular weight excluding hydrogens is 302 g/mol. The highest BCUT2D eigenvalue weighted by Crippen LogP contribution is 2.24. The van der Waals surface area contributed by atoms with Gasteiger partial charge in [0.1, 0.15) is 15.8 Å². The second-order valence-corrected chi connectivity index (χ2v) is 5.92. The molecule has 0 radical (unpaired) electrons. The van der Waals surface area contributed by atoms with Crippen LogP contribution in [0.2, 0.25) is 5.15 Å². The second-order valence-electron chi connectivity index (χ2n) is 3.91. The van der Waals surface area contributed by atoms with Gasteiger partial charge < -0.3 is 4.74 Å². The Morgan fingerprint density at radius 3 is 2.75 bits per heavy atom. The number of rotatable bonds is 4. The number of hydrogen-bond acceptors (Lipinski definition) is 5. The molecule has 0 aromatic carbocycles. The van der Waals surface area contributed by atoms with E-state index in [1.807, 2.05) is 0 Å². The molecule has 0 aliphatic rings. The Hall–Kier alpha value is -1.86. The molecule has 0 spiro atoms. The third-order valence-electron chi connectivity index (χ3n) is 2.53. The average Bonchev–Trinajstić information content (AvgIpc) is 2.41. The minimum atomic E-state index is -3.82. The highest BCUT2D eigenvalue weighted by molar-refractivity contribution is 7.92. The van der Waals surface area contributed by atoms with E-state index in [-0.39, 0.29) is 15.7 Å². The van der Waals surface area contributed by atoms with E-state index in [9.17, 15) is 8.42 Å². The van der Waals surface area contributed by atoms with Gasteiger partial charge in [0.2, 0.25) is 0 Å². The van der Waals surface area contributed by atoms with Gasteiger partial charge in [-0.05, 0) is 19.1 Å². The lowest BCUT2D eigenvalue weighted by Crippen LogP contribution is -2.14. The number of methoxy groups -OCH3 is 1. The van der Waals surface area contributed by atoms with Crippen LogP contribution in [-0.2, 0) is 10.0 Å². The van der Waals surface area contributed by atoms with Crippen LogP contribution >= 0.6 is 11.6 Å². The van der Waals surface area contributed by atoms with E-state index in [4.69, 9.17) is 16.3 Å². The Labute approximate surface area is 121 Å². The van der Waals surface area contributed by atoms with Crippen LogP contribution in [0.5, 0.6) is 5.75 Å². The number of aryl methyl sites for hydroxylation is 1. The minimum Gasteiger partial charge on any atom is -0.495 e. The van der Waals surface area contributed by atoms with Gasteiger partial charge in [-0.2, -0.15) is 0 Å². The molecule has 2 aromatic heterocycles. The smallest absolute Gasteiger partial charge is 0.265 e. The van der Waals surface area contributed by atoms with Crippen molar-refractivity contribution < 1.29 is 13.2 Å². The molecule has 0 amide bonds. The number of aromatic nitrogens is 2. The summed E-state index contributed by atoms with van der Waals surface area (Å²) in [7, 11) is -2.34. The SMILES string of the molecule is COc1cc(NS(=O)(=O)c2cccnc2Cl)cnc1C. The molecule has 0 saturated carbocycles. The van der Waals surface area contributed by atoms with Crippen LogP contribution in [0.1, 0.15) is 5.69 Å². The first-order valence-corrected chi connectivity index (χ1v) is 7.44. The third kappa shape index (κ3) is 3.00. The standard InChI is InChI=1S/C12H12ClN3O3S/c1-8-10(19-2)6-9(7-15-8)16-20(17,18)11-4-3-5-14-12(11)13/h3-7,16H,1-2H3. The number of hydrogen-bond donors (Lipinski definition) is 1. The zero-order valence-electron chi connectivity index (χ0n) is 10.8. The van der Waals surface area contributed by atoms with E-state index >= 15 is 0 Å². The van der Waals surface area contributed by atoms with Crippen molar-refractivity contribution in [2.24, 2.45) is 0 Å². The lowest BCUT2D eigenvalue weighted by atomic mass is 10.3. The Balaban J connectivity index is 2.36. The third-order valence-corrected chi connectivity index (χ3v) is 4.35. The van der Waals surface area contributed by atoms with Crippen LogP contribution in [0.15, 0.2) is 35.5 Å². The summed E-state index contributed by atoms with van der Waals surface area (Å²) in [6, 6.07) is 4.41. The van der Waals surface area contributed by atoms with Gasteiger partial charge in [-0.1, -0.05) is 11.6 Å². The van der Waals surface area contributed by atoms with Gasteiger partial charge in [0.25, 0.3) is 10.0 Å². The van der Waals surface area contributed by atoms with Crippen LogP contribution in [-0.4, -0.2) is 25.5 Å². The molecule has 0 bridgehead atoms. The van der Waals surface area contributed by atoms with E-state index in [1.165, 1.54) is 31.6 Å². The zero-order chi connectivity index (χ0) is 14.8. The van der Waals surface area contributed by atoms with Gasteiger partial charge in [0.05, 0.1) is 24.7 Å². The van der Waals surface area contributed by atoms with E-state index in [1.54, 1.807) is 13.0 Å². The largest absolute Gasteiger partial charge is 0.495 e. The summed E-state index contributed by atoms with van der Waals surface area (Å²) in [6.45, 7) is 1.76. The lowest BCUT2D eigenvalue weighted by molar-refractivity contribution is 0.409. The van der Waals surface area contributed by atoms with Crippen LogP contribution in [0, 0.1) is 6.92 Å². The topological polar surface area (TPSA) is 81.2 Å². The monoisotopic (exact) mass is 313 g/mol. The van der Waals surface area contributed by atoms with E-state index < -0.39 is 10.0 Å². The Morgan fingerprint density at radius 1 is 1.35 bits per heavy atom. The van der Waals surface area contributed by atoms with Crippen molar-refractivity contribution in [3.05, 3.63) is 41.4 Å². The van der Waals surface area contributed by atoms with Crippen molar-refractivity contribution in [1.29, 1.82) is 0 Å². The highest BCUT2D eigenvalue weighted by atomic mass is 35.5. The first-order valence-electron chi connectivity index (χ1n) is 5.58. The maximum absolute atomic E-state index is 12.2. The number of sulfonamides is 1. The fraction of sp³-hybridized carbons (Fsp3) is 0.167. The summed E-state index contributed by atoms with van der Waals surface area (Å²) >= 11 is 5.79. The van der Waals surface area contributed by atoms with Crippen LogP contribution in [0.3, 0.4) is 0 Å². The summed E-state index contributed by atoms with van der Waals surface area (Å²) in [5, 5.41) is -0.0907. The summed E-state index contributed by atoms with van der Waals surface area (Å²) in [5.74, 6) is 0.488. The molecule has 0 atom stereocenters. The summed E-state index contributed by atoms with van der Waals surface area (Å²) in [5.41, 5.74) is 0.947. The molecular formula is C12H12ClN3O3S. The Bertz CT molecular complexity index is 734. The molecule has 20 heavy (non-hydrogen) atoms. The Kier molecular flexibility index (Phi) is 4.10. The molecule has 0 unspecified atom stereocenters. The number of nitrogens with one attached hydrogen (secondary N) is 1. The van der Waals surface area contributed by atoms with Crippen LogP contribution < -0.4 is 9.46 Å². The van der Waals surface area contributed by atoms with Crippen molar-refractivity contribution in [3.63, 3.8) is 0 Å². The predicted molar refractivity (Wildman–Crippen MR) is 75.6 cm³/mol. The lowest BCUT2D eigenvalue weighted by Gasteiger charge is -2.10. The summed E-state index contributed by atoms with van der Waals surface area (Å²) < 4.78 is 31.9. The molecule has 0 saturated heterocycles. The molecule has 6 nitrogen and oxygen atoms in total. The van der Waals surface area contributed by atoms with Crippen molar-refractivity contribution in [3.8, 4) is 5.75 Å². The predicted octanol–water partition coefficient (Wildman–Crippen LogP) is 2.25. The first-order chi connectivity index (χ1) is 9.44. The maximum atomic E-state index is 12.2. The maximum Gasteiger partial charge on any atom is 0.265 e. The normalized spacial score (nSPS) is 11.2. The molecule has 2 aromatic rings. The molecule has 2 heterocycles. The fourth-order valence-electron chi connectivity index (χ4n) is 1.56. The summed E-state index contributed by atoms with van der Waals surface area (Å²) in [6.07, 6.45) is 2.82. The number of anilines is 1. The number of halogens is 1. The van der Waals surface area contributed by atoms with Crippen molar-refractivity contribution in [2.75, 3.05) is 11.8 Å². The van der Waals surface area contributed by atoms with Crippen molar-refractivity contribution >= 4 is 27.3 Å². The highest BCUT2D eigenvalue weighted by Gasteiger charge is 2.19.